The van der Waals surface area contributed by atoms with Gasteiger partial charge < -0.3 is 10.1 Å². The number of rotatable bonds is 7. The van der Waals surface area contributed by atoms with Crippen molar-refractivity contribution >= 4 is 40.0 Å². The quantitative estimate of drug-likeness (QED) is 0.603. The number of carbonyl (C=O) groups excluding carboxylic acids is 1. The van der Waals surface area contributed by atoms with Gasteiger partial charge in [0.25, 0.3) is 5.91 Å². The molecule has 2 aromatic carbocycles. The van der Waals surface area contributed by atoms with Gasteiger partial charge in [0.15, 0.2) is 11.1 Å². The average Bonchev–Trinajstić information content (AvgIpc) is 3.24. The van der Waals surface area contributed by atoms with Crippen LogP contribution in [0.4, 0.5) is 0 Å². The average molecular weight is 425 g/mol. The van der Waals surface area contributed by atoms with Gasteiger partial charge in [-0.2, -0.15) is 5.26 Å². The second-order valence-corrected chi connectivity index (χ2v) is 7.42. The Balaban J connectivity index is 1.63. The van der Waals surface area contributed by atoms with Gasteiger partial charge in [0, 0.05) is 6.54 Å². The summed E-state index contributed by atoms with van der Waals surface area (Å²) in [6.45, 7) is 2.09. The van der Waals surface area contributed by atoms with E-state index >= 15 is 0 Å². The number of nitriles is 1. The summed E-state index contributed by atoms with van der Waals surface area (Å²) in [6.07, 6.45) is 1.21. The van der Waals surface area contributed by atoms with Crippen LogP contribution in [-0.4, -0.2) is 22.2 Å². The normalized spacial score (nSPS) is 12.1. The van der Waals surface area contributed by atoms with Crippen LogP contribution in [0.1, 0.15) is 32.9 Å². The number of ether oxygens (including phenoxy) is 1. The molecule has 0 aliphatic heterocycles. The van der Waals surface area contributed by atoms with Crippen LogP contribution in [0.15, 0.2) is 54.6 Å². The molecule has 1 amide bonds. The second kappa shape index (κ2) is 9.82. The molecule has 6 nitrogen and oxygen atoms in total. The van der Waals surface area contributed by atoms with Crippen LogP contribution >= 0.6 is 22.9 Å². The lowest BCUT2D eigenvalue weighted by Gasteiger charge is -2.07. The summed E-state index contributed by atoms with van der Waals surface area (Å²) >= 11 is 7.46. The van der Waals surface area contributed by atoms with E-state index in [2.05, 4.69) is 15.5 Å². The molecule has 1 N–H and O–H groups in total. The highest BCUT2D eigenvalue weighted by Gasteiger charge is 2.14. The lowest BCUT2D eigenvalue weighted by molar-refractivity contribution is 0.0950. The first kappa shape index (κ1) is 20.5. The van der Waals surface area contributed by atoms with Crippen LogP contribution in [-0.2, 0) is 6.54 Å². The molecule has 1 heterocycles. The van der Waals surface area contributed by atoms with E-state index in [0.717, 1.165) is 22.5 Å². The van der Waals surface area contributed by atoms with Gasteiger partial charge in [0.1, 0.15) is 11.8 Å². The van der Waals surface area contributed by atoms with Crippen molar-refractivity contribution in [2.45, 2.75) is 19.6 Å². The number of aromatic nitrogens is 2. The number of hydrogen-bond acceptors (Lipinski definition) is 6. The first-order valence-corrected chi connectivity index (χ1v) is 9.94. The zero-order valence-electron chi connectivity index (χ0n) is 15.5. The molecule has 29 heavy (non-hydrogen) atoms. The fraction of sp³-hybridized carbons (Fsp3) is 0.143. The Hall–Kier alpha value is -3.21. The van der Waals surface area contributed by atoms with Gasteiger partial charge in [0.05, 0.1) is 5.03 Å². The van der Waals surface area contributed by atoms with Crippen molar-refractivity contribution in [1.29, 1.82) is 5.26 Å². The maximum Gasteiger partial charge on any atom is 0.282 e. The molecular formula is C21H17ClN4O2S. The molecule has 0 radical (unpaired) electrons. The summed E-state index contributed by atoms with van der Waals surface area (Å²) in [7, 11) is 0. The Kier molecular flexibility index (Phi) is 6.95. The molecule has 0 aliphatic rings. The number of nitrogens with zero attached hydrogens (tertiary/aromatic N) is 3. The van der Waals surface area contributed by atoms with Crippen LogP contribution < -0.4 is 10.1 Å². The Morgan fingerprint density at radius 3 is 2.59 bits per heavy atom. The highest BCUT2D eigenvalue weighted by Crippen LogP contribution is 2.26. The fourth-order valence-electron chi connectivity index (χ4n) is 2.35. The monoisotopic (exact) mass is 424 g/mol. The third kappa shape index (κ3) is 5.88. The maximum absolute atomic E-state index is 12.3. The number of carbonyl (C=O) groups is 1. The van der Waals surface area contributed by atoms with Gasteiger partial charge in [-0.15, -0.1) is 10.2 Å². The van der Waals surface area contributed by atoms with Gasteiger partial charge in [-0.3, -0.25) is 4.79 Å². The topological polar surface area (TPSA) is 87.9 Å². The molecule has 1 unspecified atom stereocenters. The van der Waals surface area contributed by atoms with E-state index in [1.54, 1.807) is 25.1 Å². The number of benzene rings is 2. The highest BCUT2D eigenvalue weighted by molar-refractivity contribution is 7.15. The van der Waals surface area contributed by atoms with E-state index in [-0.39, 0.29) is 10.9 Å². The summed E-state index contributed by atoms with van der Waals surface area (Å²) in [5.41, 5.74) is 1.83. The van der Waals surface area contributed by atoms with Crippen molar-refractivity contribution in [2.75, 3.05) is 0 Å². The minimum atomic E-state index is -0.521. The number of amides is 1. The first-order chi connectivity index (χ1) is 14.0. The summed E-state index contributed by atoms with van der Waals surface area (Å²) in [5.74, 6) is 0.302. The van der Waals surface area contributed by atoms with E-state index in [0.29, 0.717) is 22.3 Å². The van der Waals surface area contributed by atoms with E-state index in [4.69, 9.17) is 21.6 Å². The summed E-state index contributed by atoms with van der Waals surface area (Å²) < 4.78 is 5.41. The van der Waals surface area contributed by atoms with Crippen molar-refractivity contribution in [3.63, 3.8) is 0 Å². The second-order valence-electron chi connectivity index (χ2n) is 6.03. The standard InChI is InChI=1S/C21H17ClN4O2S/c1-14(12-23)28-17-9-7-15(8-10-17)11-18(22)20-25-26-21(29-20)19(27)24-13-16-5-3-2-4-6-16/h2-11,14H,13H2,1H3,(H,24,27)/b18-11+. The molecule has 0 bridgehead atoms. The number of hydrogen-bond donors (Lipinski definition) is 1. The van der Waals surface area contributed by atoms with Crippen LogP contribution in [0.3, 0.4) is 0 Å². The van der Waals surface area contributed by atoms with Crippen molar-refractivity contribution in [2.24, 2.45) is 0 Å². The Morgan fingerprint density at radius 1 is 1.21 bits per heavy atom. The van der Waals surface area contributed by atoms with Gasteiger partial charge in [-0.25, -0.2) is 0 Å². The van der Waals surface area contributed by atoms with Gasteiger partial charge in [-0.05, 0) is 36.3 Å². The predicted octanol–water partition coefficient (Wildman–Crippen LogP) is 4.50. The maximum atomic E-state index is 12.3. The predicted molar refractivity (Wildman–Crippen MR) is 113 cm³/mol. The van der Waals surface area contributed by atoms with Crippen LogP contribution in [0, 0.1) is 11.3 Å². The van der Waals surface area contributed by atoms with Crippen molar-refractivity contribution in [3.05, 3.63) is 75.7 Å². The SMILES string of the molecule is CC(C#N)Oc1ccc(/C=C(/Cl)c2nnc(C(=O)NCc3ccccc3)s2)cc1. The zero-order valence-corrected chi connectivity index (χ0v) is 17.1. The molecule has 0 saturated heterocycles. The van der Waals surface area contributed by atoms with Crippen molar-refractivity contribution in [1.82, 2.24) is 15.5 Å². The Labute approximate surface area is 177 Å². The molecule has 3 aromatic rings. The van der Waals surface area contributed by atoms with E-state index in [1.807, 2.05) is 48.5 Å². The smallest absolute Gasteiger partial charge is 0.282 e. The molecule has 1 atom stereocenters. The van der Waals surface area contributed by atoms with Crippen LogP contribution in [0.25, 0.3) is 11.1 Å². The molecule has 3 rings (SSSR count). The molecule has 146 valence electrons. The van der Waals surface area contributed by atoms with E-state index in [9.17, 15) is 4.79 Å². The third-order valence-corrected chi connectivity index (χ3v) is 5.14. The minimum Gasteiger partial charge on any atom is -0.476 e. The van der Waals surface area contributed by atoms with E-state index in [1.165, 1.54) is 0 Å². The zero-order chi connectivity index (χ0) is 20.6. The molecule has 8 heteroatoms. The molecule has 0 aliphatic carbocycles. The fourth-order valence-corrected chi connectivity index (χ4v) is 3.29. The van der Waals surface area contributed by atoms with Crippen molar-refractivity contribution in [3.8, 4) is 11.8 Å². The molecule has 0 spiro atoms. The number of nitrogens with one attached hydrogen (secondary N) is 1. The minimum absolute atomic E-state index is 0.247. The van der Waals surface area contributed by atoms with Gasteiger partial charge in [-0.1, -0.05) is 65.4 Å². The lowest BCUT2D eigenvalue weighted by Crippen LogP contribution is -2.22. The van der Waals surface area contributed by atoms with Crippen LogP contribution in [0.5, 0.6) is 5.75 Å². The van der Waals surface area contributed by atoms with Gasteiger partial charge >= 0.3 is 0 Å². The summed E-state index contributed by atoms with van der Waals surface area (Å²) in [6, 6.07) is 18.8. The highest BCUT2D eigenvalue weighted by atomic mass is 35.5. The molecule has 0 saturated carbocycles. The molecule has 1 aromatic heterocycles. The lowest BCUT2D eigenvalue weighted by atomic mass is 10.2. The van der Waals surface area contributed by atoms with Gasteiger partial charge in [0.2, 0.25) is 5.01 Å². The Bertz CT molecular complexity index is 1040. The summed E-state index contributed by atoms with van der Waals surface area (Å²) in [4.78, 5) is 12.3. The Morgan fingerprint density at radius 2 is 1.90 bits per heavy atom. The summed E-state index contributed by atoms with van der Waals surface area (Å²) in [5, 5.41) is 20.6. The van der Waals surface area contributed by atoms with E-state index < -0.39 is 6.10 Å². The molecule has 0 fully saturated rings. The van der Waals surface area contributed by atoms with Crippen molar-refractivity contribution < 1.29 is 9.53 Å². The third-order valence-electron chi connectivity index (χ3n) is 3.79. The number of halogens is 1. The molecular weight excluding hydrogens is 408 g/mol. The first-order valence-electron chi connectivity index (χ1n) is 8.74. The van der Waals surface area contributed by atoms with Crippen LogP contribution in [0.2, 0.25) is 0 Å². The largest absolute Gasteiger partial charge is 0.476 e.